The highest BCUT2D eigenvalue weighted by atomic mass is 35.5. The van der Waals surface area contributed by atoms with E-state index in [2.05, 4.69) is 15.0 Å². The van der Waals surface area contributed by atoms with Gasteiger partial charge < -0.3 is 10.1 Å². The molecule has 0 amide bonds. The van der Waals surface area contributed by atoms with Gasteiger partial charge in [0.1, 0.15) is 10.7 Å². The smallest absolute Gasteiger partial charge is 0.341 e. The molecule has 0 aliphatic carbocycles. The van der Waals surface area contributed by atoms with Crippen LogP contribution >= 0.6 is 11.6 Å². The van der Waals surface area contributed by atoms with Crippen molar-refractivity contribution in [2.24, 2.45) is 0 Å². The summed E-state index contributed by atoms with van der Waals surface area (Å²) in [4.78, 5) is 15.3. The molecule has 1 heterocycles. The lowest BCUT2D eigenvalue weighted by molar-refractivity contribution is 0.0601. The van der Waals surface area contributed by atoms with Gasteiger partial charge in [0.2, 0.25) is 0 Å². The van der Waals surface area contributed by atoms with Crippen LogP contribution in [0, 0.1) is 0 Å². The Hall–Kier alpha value is -1.29. The standard InChI is InChI=1S/C11H15ClN2O2/c1-11(2,3)14-8-5-9(12)13-6-7(8)10(15)16-4/h5-6H,1-4H3,(H,13,14). The van der Waals surface area contributed by atoms with Crippen LogP contribution in [0.3, 0.4) is 0 Å². The van der Waals surface area contributed by atoms with Gasteiger partial charge in [-0.25, -0.2) is 9.78 Å². The van der Waals surface area contributed by atoms with Crippen molar-refractivity contribution in [2.75, 3.05) is 12.4 Å². The molecule has 1 aromatic rings. The monoisotopic (exact) mass is 242 g/mol. The van der Waals surface area contributed by atoms with Crippen molar-refractivity contribution in [2.45, 2.75) is 26.3 Å². The SMILES string of the molecule is COC(=O)c1cnc(Cl)cc1NC(C)(C)C. The molecule has 4 nitrogen and oxygen atoms in total. The number of hydrogen-bond acceptors (Lipinski definition) is 4. The number of hydrogen-bond donors (Lipinski definition) is 1. The molecule has 0 aromatic carbocycles. The van der Waals surface area contributed by atoms with Crippen molar-refractivity contribution >= 4 is 23.3 Å². The Kier molecular flexibility index (Phi) is 3.75. The highest BCUT2D eigenvalue weighted by Crippen LogP contribution is 2.22. The number of rotatable bonds is 2. The van der Waals surface area contributed by atoms with E-state index in [1.54, 1.807) is 6.07 Å². The number of halogens is 1. The number of nitrogens with zero attached hydrogens (tertiary/aromatic N) is 1. The van der Waals surface area contributed by atoms with E-state index in [1.165, 1.54) is 13.3 Å². The van der Waals surface area contributed by atoms with E-state index in [4.69, 9.17) is 11.6 Å². The van der Waals surface area contributed by atoms with Gasteiger partial charge in [0.05, 0.1) is 12.8 Å². The van der Waals surface area contributed by atoms with Crippen LogP contribution in [0.4, 0.5) is 5.69 Å². The molecule has 0 unspecified atom stereocenters. The number of pyridine rings is 1. The molecule has 0 aliphatic heterocycles. The van der Waals surface area contributed by atoms with E-state index >= 15 is 0 Å². The van der Waals surface area contributed by atoms with Gasteiger partial charge >= 0.3 is 5.97 Å². The first-order chi connectivity index (χ1) is 7.33. The Morgan fingerprint density at radius 1 is 1.50 bits per heavy atom. The van der Waals surface area contributed by atoms with Crippen LogP contribution in [-0.2, 0) is 4.74 Å². The van der Waals surface area contributed by atoms with Crippen LogP contribution in [-0.4, -0.2) is 23.6 Å². The third-order valence-electron chi connectivity index (χ3n) is 1.79. The number of nitrogens with one attached hydrogen (secondary N) is 1. The van der Waals surface area contributed by atoms with Crippen LogP contribution in [0.2, 0.25) is 5.15 Å². The van der Waals surface area contributed by atoms with Gasteiger partial charge in [-0.2, -0.15) is 0 Å². The minimum Gasteiger partial charge on any atom is -0.465 e. The number of anilines is 1. The summed E-state index contributed by atoms with van der Waals surface area (Å²) in [6, 6.07) is 1.61. The second-order valence-corrected chi connectivity index (χ2v) is 4.81. The molecule has 1 N–H and O–H groups in total. The van der Waals surface area contributed by atoms with Crippen LogP contribution in [0.25, 0.3) is 0 Å². The summed E-state index contributed by atoms with van der Waals surface area (Å²) in [5.74, 6) is -0.434. The molecule has 0 saturated heterocycles. The summed E-state index contributed by atoms with van der Waals surface area (Å²) < 4.78 is 4.67. The zero-order chi connectivity index (χ0) is 12.3. The average Bonchev–Trinajstić information content (AvgIpc) is 2.14. The van der Waals surface area contributed by atoms with E-state index in [9.17, 15) is 4.79 Å². The summed E-state index contributed by atoms with van der Waals surface area (Å²) in [6.07, 6.45) is 1.40. The summed E-state index contributed by atoms with van der Waals surface area (Å²) in [5.41, 5.74) is 0.828. The van der Waals surface area contributed by atoms with Gasteiger partial charge in [0, 0.05) is 11.7 Å². The molecule has 5 heteroatoms. The Morgan fingerprint density at radius 2 is 2.12 bits per heavy atom. The van der Waals surface area contributed by atoms with E-state index in [0.717, 1.165) is 0 Å². The number of ether oxygens (including phenoxy) is 1. The van der Waals surface area contributed by atoms with Gasteiger partial charge in [-0.1, -0.05) is 11.6 Å². The molecule has 0 fully saturated rings. The molecule has 0 aliphatic rings. The molecule has 0 radical (unpaired) electrons. The minimum atomic E-state index is -0.434. The molecule has 0 atom stereocenters. The van der Waals surface area contributed by atoms with Crippen molar-refractivity contribution in [1.29, 1.82) is 0 Å². The first-order valence-corrected chi connectivity index (χ1v) is 5.23. The van der Waals surface area contributed by atoms with Gasteiger partial charge in [-0.15, -0.1) is 0 Å². The lowest BCUT2D eigenvalue weighted by Crippen LogP contribution is -2.27. The first kappa shape index (κ1) is 12.8. The van der Waals surface area contributed by atoms with Crippen molar-refractivity contribution in [3.63, 3.8) is 0 Å². The second kappa shape index (κ2) is 4.70. The lowest BCUT2D eigenvalue weighted by Gasteiger charge is -2.23. The van der Waals surface area contributed by atoms with E-state index < -0.39 is 5.97 Å². The van der Waals surface area contributed by atoms with Gasteiger partial charge in [0.15, 0.2) is 0 Å². The van der Waals surface area contributed by atoms with Crippen LogP contribution in [0.5, 0.6) is 0 Å². The maximum absolute atomic E-state index is 11.5. The summed E-state index contributed by atoms with van der Waals surface area (Å²) in [5, 5.41) is 3.51. The summed E-state index contributed by atoms with van der Waals surface area (Å²) in [6.45, 7) is 5.97. The van der Waals surface area contributed by atoms with Crippen molar-refractivity contribution in [1.82, 2.24) is 4.98 Å². The quantitative estimate of drug-likeness (QED) is 0.640. The van der Waals surface area contributed by atoms with Gasteiger partial charge in [0.25, 0.3) is 0 Å². The fraction of sp³-hybridized carbons (Fsp3) is 0.455. The predicted molar refractivity (Wildman–Crippen MR) is 64.0 cm³/mol. The van der Waals surface area contributed by atoms with E-state index in [1.807, 2.05) is 20.8 Å². The third kappa shape index (κ3) is 3.38. The fourth-order valence-electron chi connectivity index (χ4n) is 1.21. The molecule has 1 aromatic heterocycles. The number of methoxy groups -OCH3 is 1. The molecule has 88 valence electrons. The van der Waals surface area contributed by atoms with Crippen molar-refractivity contribution < 1.29 is 9.53 Å². The zero-order valence-electron chi connectivity index (χ0n) is 9.80. The third-order valence-corrected chi connectivity index (χ3v) is 1.99. The number of esters is 1. The summed E-state index contributed by atoms with van der Waals surface area (Å²) >= 11 is 5.79. The molecule has 0 spiro atoms. The highest BCUT2D eigenvalue weighted by molar-refractivity contribution is 6.29. The molecular weight excluding hydrogens is 228 g/mol. The van der Waals surface area contributed by atoms with Gasteiger partial charge in [-0.05, 0) is 26.8 Å². The fourth-order valence-corrected chi connectivity index (χ4v) is 1.37. The molecule has 1 rings (SSSR count). The average molecular weight is 243 g/mol. The lowest BCUT2D eigenvalue weighted by atomic mass is 10.1. The zero-order valence-corrected chi connectivity index (χ0v) is 10.6. The van der Waals surface area contributed by atoms with E-state index in [-0.39, 0.29) is 5.54 Å². The Labute approximate surface area is 100.0 Å². The number of carbonyl (C=O) groups excluding carboxylic acids is 1. The van der Waals surface area contributed by atoms with E-state index in [0.29, 0.717) is 16.4 Å². The Morgan fingerprint density at radius 3 is 2.62 bits per heavy atom. The molecule has 0 bridgehead atoms. The number of aromatic nitrogens is 1. The van der Waals surface area contributed by atoms with Crippen molar-refractivity contribution in [3.8, 4) is 0 Å². The van der Waals surface area contributed by atoms with Crippen LogP contribution in [0.1, 0.15) is 31.1 Å². The highest BCUT2D eigenvalue weighted by Gasteiger charge is 2.17. The Balaban J connectivity index is 3.13. The maximum Gasteiger partial charge on any atom is 0.341 e. The van der Waals surface area contributed by atoms with Crippen LogP contribution in [0.15, 0.2) is 12.3 Å². The van der Waals surface area contributed by atoms with Gasteiger partial charge in [-0.3, -0.25) is 0 Å². The van der Waals surface area contributed by atoms with Crippen molar-refractivity contribution in [3.05, 3.63) is 23.0 Å². The molecule has 16 heavy (non-hydrogen) atoms. The largest absolute Gasteiger partial charge is 0.465 e. The summed E-state index contributed by atoms with van der Waals surface area (Å²) in [7, 11) is 1.33. The Bertz CT molecular complexity index is 399. The topological polar surface area (TPSA) is 51.2 Å². The second-order valence-electron chi connectivity index (χ2n) is 4.42. The first-order valence-electron chi connectivity index (χ1n) is 4.85. The number of carbonyl (C=O) groups is 1. The minimum absolute atomic E-state index is 0.173. The van der Waals surface area contributed by atoms with Crippen LogP contribution < -0.4 is 5.32 Å². The molecular formula is C11H15ClN2O2. The maximum atomic E-state index is 11.5. The molecule has 0 saturated carbocycles. The normalized spacial score (nSPS) is 11.1. The predicted octanol–water partition coefficient (Wildman–Crippen LogP) is 2.73.